The minimum absolute atomic E-state index is 0.0976. The summed E-state index contributed by atoms with van der Waals surface area (Å²) in [7, 11) is 0. The molecular formula is C13H15ClN2O. The number of Topliss-reactive ketones (excluding diaryl/α,β-unsaturated/α-hetero) is 1. The van der Waals surface area contributed by atoms with E-state index in [-0.39, 0.29) is 11.8 Å². The summed E-state index contributed by atoms with van der Waals surface area (Å²) in [6.45, 7) is 4.64. The zero-order valence-electron chi connectivity index (χ0n) is 9.88. The highest BCUT2D eigenvalue weighted by Gasteiger charge is 2.17. The number of hydrogen-bond donors (Lipinski definition) is 2. The van der Waals surface area contributed by atoms with E-state index >= 15 is 0 Å². The van der Waals surface area contributed by atoms with Crippen LogP contribution in [0.1, 0.15) is 24.2 Å². The predicted molar refractivity (Wildman–Crippen MR) is 70.8 cm³/mol. The summed E-state index contributed by atoms with van der Waals surface area (Å²) < 4.78 is 0. The van der Waals surface area contributed by atoms with Crippen molar-refractivity contribution in [1.82, 2.24) is 10.3 Å². The topological polar surface area (TPSA) is 44.9 Å². The smallest absolute Gasteiger partial charge is 0.181 e. The Balaban J connectivity index is 2.39. The molecule has 1 atom stereocenters. The average molecular weight is 251 g/mol. The molecule has 0 aliphatic rings. The van der Waals surface area contributed by atoms with Crippen molar-refractivity contribution >= 4 is 28.3 Å². The molecule has 0 amide bonds. The van der Waals surface area contributed by atoms with Crippen LogP contribution in [0.15, 0.2) is 24.4 Å². The fourth-order valence-electron chi connectivity index (χ4n) is 1.93. The lowest BCUT2D eigenvalue weighted by atomic mass is 10.0. The Bertz CT molecular complexity index is 547. The summed E-state index contributed by atoms with van der Waals surface area (Å²) >= 11 is 5.90. The van der Waals surface area contributed by atoms with E-state index in [0.717, 1.165) is 17.4 Å². The molecule has 1 unspecified atom stereocenters. The molecule has 4 heteroatoms. The van der Waals surface area contributed by atoms with Gasteiger partial charge in [-0.25, -0.2) is 0 Å². The zero-order valence-corrected chi connectivity index (χ0v) is 10.6. The lowest BCUT2D eigenvalue weighted by Gasteiger charge is -2.09. The molecule has 0 radical (unpaired) electrons. The van der Waals surface area contributed by atoms with E-state index in [1.54, 1.807) is 12.3 Å². The van der Waals surface area contributed by atoms with Crippen LogP contribution < -0.4 is 5.32 Å². The Hall–Kier alpha value is -1.32. The first-order chi connectivity index (χ1) is 8.13. The van der Waals surface area contributed by atoms with Crippen LogP contribution in [-0.4, -0.2) is 23.4 Å². The molecule has 2 N–H and O–H groups in total. The molecule has 2 rings (SSSR count). The predicted octanol–water partition coefficient (Wildman–Crippen LogP) is 3.00. The Labute approximate surface area is 105 Å². The number of H-pyrrole nitrogens is 1. The van der Waals surface area contributed by atoms with Gasteiger partial charge < -0.3 is 10.3 Å². The van der Waals surface area contributed by atoms with E-state index in [4.69, 9.17) is 11.6 Å². The van der Waals surface area contributed by atoms with Crippen molar-refractivity contribution in [2.24, 2.45) is 0 Å². The number of ketones is 1. The number of carbonyl (C=O) groups excluding carboxylic acids is 1. The molecule has 3 nitrogen and oxygen atoms in total. The van der Waals surface area contributed by atoms with Crippen molar-refractivity contribution in [2.45, 2.75) is 19.9 Å². The molecule has 0 aliphatic carbocycles. The third-order valence-electron chi connectivity index (χ3n) is 2.81. The van der Waals surface area contributed by atoms with Gasteiger partial charge >= 0.3 is 0 Å². The van der Waals surface area contributed by atoms with Crippen LogP contribution in [0.25, 0.3) is 10.9 Å². The van der Waals surface area contributed by atoms with Gasteiger partial charge in [0.1, 0.15) is 0 Å². The van der Waals surface area contributed by atoms with Gasteiger partial charge in [0, 0.05) is 27.7 Å². The molecule has 0 fully saturated rings. The first kappa shape index (κ1) is 12.1. The monoisotopic (exact) mass is 250 g/mol. The zero-order chi connectivity index (χ0) is 12.4. The van der Waals surface area contributed by atoms with Crippen molar-refractivity contribution in [3.8, 4) is 0 Å². The Morgan fingerprint density at radius 2 is 2.29 bits per heavy atom. The maximum absolute atomic E-state index is 12.2. The number of benzene rings is 1. The first-order valence-corrected chi connectivity index (χ1v) is 6.05. The molecule has 1 aromatic carbocycles. The van der Waals surface area contributed by atoms with E-state index in [1.807, 2.05) is 26.0 Å². The molecule has 0 saturated heterocycles. The van der Waals surface area contributed by atoms with Gasteiger partial charge in [-0.05, 0) is 25.6 Å². The lowest BCUT2D eigenvalue weighted by Crippen LogP contribution is -2.33. The standard InChI is InChI=1S/C13H15ClN2O/c1-3-15-8(2)13(17)11-7-16-12-6-9(14)4-5-10(11)12/h4-8,15-16H,3H2,1-2H3. The van der Waals surface area contributed by atoms with E-state index in [9.17, 15) is 4.79 Å². The van der Waals surface area contributed by atoms with Crippen LogP contribution in [0.2, 0.25) is 5.02 Å². The van der Waals surface area contributed by atoms with Crippen LogP contribution in [-0.2, 0) is 0 Å². The maximum atomic E-state index is 12.2. The minimum atomic E-state index is -0.172. The quantitative estimate of drug-likeness (QED) is 0.820. The minimum Gasteiger partial charge on any atom is -0.360 e. The second-order valence-electron chi connectivity index (χ2n) is 4.04. The van der Waals surface area contributed by atoms with Gasteiger partial charge in [0.05, 0.1) is 6.04 Å². The molecular weight excluding hydrogens is 236 g/mol. The third-order valence-corrected chi connectivity index (χ3v) is 3.05. The first-order valence-electron chi connectivity index (χ1n) is 5.67. The van der Waals surface area contributed by atoms with E-state index in [2.05, 4.69) is 10.3 Å². The summed E-state index contributed by atoms with van der Waals surface area (Å²) in [5.41, 5.74) is 1.61. The molecule has 0 bridgehead atoms. The summed E-state index contributed by atoms with van der Waals surface area (Å²) in [6, 6.07) is 5.33. The molecule has 2 aromatic rings. The maximum Gasteiger partial charge on any atom is 0.181 e. The van der Waals surface area contributed by atoms with Crippen molar-refractivity contribution in [3.05, 3.63) is 35.0 Å². The molecule has 0 saturated carbocycles. The molecule has 90 valence electrons. The molecule has 0 aliphatic heterocycles. The number of rotatable bonds is 4. The van der Waals surface area contributed by atoms with Crippen LogP contribution in [0.5, 0.6) is 0 Å². The second-order valence-corrected chi connectivity index (χ2v) is 4.47. The van der Waals surface area contributed by atoms with Gasteiger partial charge in [0.25, 0.3) is 0 Å². The summed E-state index contributed by atoms with van der Waals surface area (Å²) in [4.78, 5) is 15.3. The van der Waals surface area contributed by atoms with E-state index < -0.39 is 0 Å². The number of aromatic nitrogens is 1. The number of nitrogens with one attached hydrogen (secondary N) is 2. The number of hydrogen-bond acceptors (Lipinski definition) is 2. The van der Waals surface area contributed by atoms with Gasteiger partial charge in [-0.15, -0.1) is 0 Å². The van der Waals surface area contributed by atoms with Gasteiger partial charge in [-0.1, -0.05) is 24.6 Å². The number of halogens is 1. The largest absolute Gasteiger partial charge is 0.360 e. The van der Waals surface area contributed by atoms with Gasteiger partial charge in [0.2, 0.25) is 0 Å². The van der Waals surface area contributed by atoms with Crippen LogP contribution in [0, 0.1) is 0 Å². The fraction of sp³-hybridized carbons (Fsp3) is 0.308. The number of likely N-dealkylation sites (N-methyl/N-ethyl adjacent to an activating group) is 1. The highest BCUT2D eigenvalue weighted by molar-refractivity contribution is 6.31. The van der Waals surface area contributed by atoms with Crippen molar-refractivity contribution in [2.75, 3.05) is 6.54 Å². The normalized spacial score (nSPS) is 12.9. The fourth-order valence-corrected chi connectivity index (χ4v) is 2.11. The van der Waals surface area contributed by atoms with Gasteiger partial charge in [-0.3, -0.25) is 4.79 Å². The molecule has 0 spiro atoms. The van der Waals surface area contributed by atoms with Crippen molar-refractivity contribution in [1.29, 1.82) is 0 Å². The average Bonchev–Trinajstić information content (AvgIpc) is 2.71. The molecule has 17 heavy (non-hydrogen) atoms. The van der Waals surface area contributed by atoms with E-state index in [0.29, 0.717) is 10.6 Å². The highest BCUT2D eigenvalue weighted by Crippen LogP contribution is 2.22. The Morgan fingerprint density at radius 3 is 3.00 bits per heavy atom. The lowest BCUT2D eigenvalue weighted by molar-refractivity contribution is 0.0953. The summed E-state index contributed by atoms with van der Waals surface area (Å²) in [5.74, 6) is 0.0976. The number of fused-ring (bicyclic) bond motifs is 1. The van der Waals surface area contributed by atoms with Crippen molar-refractivity contribution in [3.63, 3.8) is 0 Å². The second kappa shape index (κ2) is 4.90. The molecule has 1 heterocycles. The highest BCUT2D eigenvalue weighted by atomic mass is 35.5. The summed E-state index contributed by atoms with van der Waals surface area (Å²) in [6.07, 6.45) is 1.75. The molecule has 1 aromatic heterocycles. The number of carbonyl (C=O) groups is 1. The Morgan fingerprint density at radius 1 is 1.53 bits per heavy atom. The summed E-state index contributed by atoms with van der Waals surface area (Å²) in [5, 5.41) is 4.71. The number of aromatic amines is 1. The van der Waals surface area contributed by atoms with Gasteiger partial charge in [0.15, 0.2) is 5.78 Å². The van der Waals surface area contributed by atoms with Gasteiger partial charge in [-0.2, -0.15) is 0 Å². The SMILES string of the molecule is CCNC(C)C(=O)c1c[nH]c2cc(Cl)ccc12. The van der Waals surface area contributed by atoms with Crippen LogP contribution in [0.3, 0.4) is 0 Å². The Kier molecular flexibility index (Phi) is 3.50. The third kappa shape index (κ3) is 2.35. The van der Waals surface area contributed by atoms with Crippen LogP contribution >= 0.6 is 11.6 Å². The van der Waals surface area contributed by atoms with Crippen molar-refractivity contribution < 1.29 is 4.79 Å². The van der Waals surface area contributed by atoms with E-state index in [1.165, 1.54) is 0 Å². The van der Waals surface area contributed by atoms with Crippen LogP contribution in [0.4, 0.5) is 0 Å².